The van der Waals surface area contributed by atoms with Crippen LogP contribution in [0, 0.1) is 0 Å². The number of hydrogen-bond donors (Lipinski definition) is 3. The molecule has 0 aliphatic heterocycles. The van der Waals surface area contributed by atoms with Gasteiger partial charge in [-0.25, -0.2) is 4.57 Å². The number of aliphatic hydroxyl groups excluding tert-OH is 2. The first-order valence-electron chi connectivity index (χ1n) is 22.1. The van der Waals surface area contributed by atoms with Crippen LogP contribution in [0.2, 0.25) is 0 Å². The highest BCUT2D eigenvalue weighted by Crippen LogP contribution is 2.43. The number of phosphoric acid groups is 1. The van der Waals surface area contributed by atoms with Crippen molar-refractivity contribution >= 4 is 13.8 Å². The number of hydrogen-bond acceptors (Lipinski definition) is 8. The van der Waals surface area contributed by atoms with Crippen LogP contribution in [0.15, 0.2) is 85.1 Å². The normalized spacial score (nSPS) is 14.8. The zero-order valence-corrected chi connectivity index (χ0v) is 36.7. The second-order valence-corrected chi connectivity index (χ2v) is 15.8. The summed E-state index contributed by atoms with van der Waals surface area (Å²) in [7, 11) is -4.54. The molecule has 3 N–H and O–H groups in total. The van der Waals surface area contributed by atoms with Crippen LogP contribution in [0.25, 0.3) is 0 Å². The van der Waals surface area contributed by atoms with Crippen LogP contribution < -0.4 is 0 Å². The van der Waals surface area contributed by atoms with Crippen molar-refractivity contribution in [1.82, 2.24) is 0 Å². The molecule has 0 fully saturated rings. The van der Waals surface area contributed by atoms with Crippen LogP contribution in [0.3, 0.4) is 0 Å². The van der Waals surface area contributed by atoms with E-state index in [2.05, 4.69) is 92.8 Å². The number of unbranched alkanes of at least 4 members (excludes halogenated alkanes) is 13. The average Bonchev–Trinajstić information content (AvgIpc) is 3.20. The van der Waals surface area contributed by atoms with E-state index in [-0.39, 0.29) is 13.0 Å². The standard InChI is InChI=1S/C47H81O9P/c1-3-5-7-9-11-13-15-17-19-21-22-24-26-28-30-32-34-36-38-40-53-43-46(44-55-57(51,52)54-42-45(49)41-48)56-47(50)39-37-35-33-31-29-27-25-23-20-18-16-14-12-10-8-6-4-2/h6,8,12-15,18-21,25,27,31,33,45-46,48-49H,3-5,7,9-11,16-17,22-24,26,28-30,32,34-44H2,1-2H3,(H,51,52)/b8-6-,14-12-,15-13-,20-18-,21-19-,27-25-,33-31-. The molecule has 0 aromatic rings. The van der Waals surface area contributed by atoms with Gasteiger partial charge in [-0.05, 0) is 83.5 Å². The molecule has 0 radical (unpaired) electrons. The molecule has 0 amide bonds. The van der Waals surface area contributed by atoms with Crippen molar-refractivity contribution < 1.29 is 43.0 Å². The lowest BCUT2D eigenvalue weighted by Crippen LogP contribution is -2.29. The summed E-state index contributed by atoms with van der Waals surface area (Å²) in [6.45, 7) is 3.28. The number of rotatable bonds is 41. The van der Waals surface area contributed by atoms with E-state index in [1.54, 1.807) is 0 Å². The SMILES string of the molecule is CC/C=C\C/C=C\C/C=C\C/C=C\C/C=C\CCCC(=O)OC(COCCCCCCCCCC/C=C\C/C=C\CCCCCC)COP(=O)(O)OCC(O)CO. The molecular formula is C47H81O9P. The Morgan fingerprint density at radius 3 is 1.51 bits per heavy atom. The van der Waals surface area contributed by atoms with Crippen LogP contribution in [-0.2, 0) is 27.9 Å². The van der Waals surface area contributed by atoms with Gasteiger partial charge in [-0.1, -0.05) is 157 Å². The summed E-state index contributed by atoms with van der Waals surface area (Å²) in [6.07, 6.45) is 52.6. The Balaban J connectivity index is 4.28. The fourth-order valence-corrected chi connectivity index (χ4v) is 6.27. The van der Waals surface area contributed by atoms with Gasteiger partial charge in [0.1, 0.15) is 12.2 Å². The van der Waals surface area contributed by atoms with Gasteiger partial charge in [-0.15, -0.1) is 0 Å². The predicted octanol–water partition coefficient (Wildman–Crippen LogP) is 12.3. The summed E-state index contributed by atoms with van der Waals surface area (Å²) in [5, 5.41) is 18.4. The Labute approximate surface area is 347 Å². The Morgan fingerprint density at radius 2 is 1.00 bits per heavy atom. The summed E-state index contributed by atoms with van der Waals surface area (Å²) in [4.78, 5) is 22.6. The molecule has 0 aromatic heterocycles. The lowest BCUT2D eigenvalue weighted by atomic mass is 10.1. The molecule has 0 bridgehead atoms. The van der Waals surface area contributed by atoms with E-state index in [1.807, 2.05) is 6.08 Å². The maximum absolute atomic E-state index is 12.6. The van der Waals surface area contributed by atoms with E-state index in [4.69, 9.17) is 23.6 Å². The molecule has 328 valence electrons. The summed E-state index contributed by atoms with van der Waals surface area (Å²) >= 11 is 0. The highest BCUT2D eigenvalue weighted by molar-refractivity contribution is 7.47. The lowest BCUT2D eigenvalue weighted by Gasteiger charge is -2.20. The van der Waals surface area contributed by atoms with Gasteiger partial charge in [0.15, 0.2) is 0 Å². The van der Waals surface area contributed by atoms with Crippen molar-refractivity contribution in [3.8, 4) is 0 Å². The zero-order valence-electron chi connectivity index (χ0n) is 35.8. The zero-order chi connectivity index (χ0) is 41.8. The van der Waals surface area contributed by atoms with E-state index in [0.29, 0.717) is 13.0 Å². The molecule has 0 saturated heterocycles. The van der Waals surface area contributed by atoms with E-state index >= 15 is 0 Å². The molecule has 0 aliphatic rings. The number of ether oxygens (including phenoxy) is 2. The van der Waals surface area contributed by atoms with Gasteiger partial charge >= 0.3 is 13.8 Å². The third-order valence-corrected chi connectivity index (χ3v) is 9.77. The van der Waals surface area contributed by atoms with Crippen LogP contribution >= 0.6 is 7.82 Å². The fraction of sp³-hybridized carbons (Fsp3) is 0.681. The number of aliphatic hydroxyl groups is 2. The minimum absolute atomic E-state index is 0.0174. The average molecular weight is 821 g/mol. The molecule has 3 unspecified atom stereocenters. The maximum atomic E-state index is 12.6. The second-order valence-electron chi connectivity index (χ2n) is 14.3. The molecule has 0 aromatic carbocycles. The molecule has 0 spiro atoms. The van der Waals surface area contributed by atoms with Gasteiger partial charge in [0.25, 0.3) is 0 Å². The summed E-state index contributed by atoms with van der Waals surface area (Å²) in [5.41, 5.74) is 0. The number of allylic oxidation sites excluding steroid dienone is 14. The quantitative estimate of drug-likeness (QED) is 0.0239. The van der Waals surface area contributed by atoms with Gasteiger partial charge in [-0.3, -0.25) is 13.8 Å². The Bertz CT molecular complexity index is 1160. The Morgan fingerprint density at radius 1 is 0.561 bits per heavy atom. The lowest BCUT2D eigenvalue weighted by molar-refractivity contribution is -0.154. The van der Waals surface area contributed by atoms with Crippen molar-refractivity contribution in [2.24, 2.45) is 0 Å². The number of carbonyl (C=O) groups excluding carboxylic acids is 1. The largest absolute Gasteiger partial charge is 0.472 e. The molecule has 10 heteroatoms. The molecule has 3 atom stereocenters. The van der Waals surface area contributed by atoms with Crippen molar-refractivity contribution in [1.29, 1.82) is 0 Å². The summed E-state index contributed by atoms with van der Waals surface area (Å²) in [6, 6.07) is 0. The van der Waals surface area contributed by atoms with Crippen molar-refractivity contribution in [3.05, 3.63) is 85.1 Å². The van der Waals surface area contributed by atoms with Crippen LogP contribution in [-0.4, -0.2) is 66.3 Å². The monoisotopic (exact) mass is 821 g/mol. The van der Waals surface area contributed by atoms with Crippen molar-refractivity contribution in [2.45, 2.75) is 174 Å². The minimum Gasteiger partial charge on any atom is -0.457 e. The van der Waals surface area contributed by atoms with E-state index in [9.17, 15) is 19.4 Å². The molecular weight excluding hydrogens is 739 g/mol. The molecule has 0 rings (SSSR count). The van der Waals surface area contributed by atoms with Gasteiger partial charge in [0, 0.05) is 13.0 Å². The smallest absolute Gasteiger partial charge is 0.457 e. The topological polar surface area (TPSA) is 132 Å². The highest BCUT2D eigenvalue weighted by Gasteiger charge is 2.26. The molecule has 0 saturated carbocycles. The van der Waals surface area contributed by atoms with Crippen molar-refractivity contribution in [3.63, 3.8) is 0 Å². The number of esters is 1. The first-order valence-corrected chi connectivity index (χ1v) is 23.6. The van der Waals surface area contributed by atoms with Gasteiger partial charge in [0.05, 0.1) is 26.4 Å². The second kappa shape index (κ2) is 43.2. The van der Waals surface area contributed by atoms with Gasteiger partial charge in [0.2, 0.25) is 0 Å². The predicted molar refractivity (Wildman–Crippen MR) is 237 cm³/mol. The summed E-state index contributed by atoms with van der Waals surface area (Å²) < 4.78 is 33.3. The molecule has 0 heterocycles. The van der Waals surface area contributed by atoms with Crippen molar-refractivity contribution in [2.75, 3.05) is 33.0 Å². The summed E-state index contributed by atoms with van der Waals surface area (Å²) in [5.74, 6) is -0.444. The van der Waals surface area contributed by atoms with Crippen LogP contribution in [0.4, 0.5) is 0 Å². The molecule has 57 heavy (non-hydrogen) atoms. The fourth-order valence-electron chi connectivity index (χ4n) is 5.48. The van der Waals surface area contributed by atoms with E-state index in [0.717, 1.165) is 70.6 Å². The number of carbonyl (C=O) groups is 1. The first-order chi connectivity index (χ1) is 27.8. The Kier molecular flexibility index (Phi) is 41.4. The molecule has 9 nitrogen and oxygen atoms in total. The number of phosphoric ester groups is 1. The third-order valence-electron chi connectivity index (χ3n) is 8.81. The first kappa shape index (κ1) is 54.6. The van der Waals surface area contributed by atoms with Gasteiger partial charge in [-0.2, -0.15) is 0 Å². The molecule has 0 aliphatic carbocycles. The van der Waals surface area contributed by atoms with E-state index in [1.165, 1.54) is 64.2 Å². The highest BCUT2D eigenvalue weighted by atomic mass is 31.2. The Hall–Kier alpha value is -2.36. The maximum Gasteiger partial charge on any atom is 0.472 e. The minimum atomic E-state index is -4.54. The van der Waals surface area contributed by atoms with Crippen LogP contribution in [0.5, 0.6) is 0 Å². The third kappa shape index (κ3) is 43.1. The van der Waals surface area contributed by atoms with Gasteiger partial charge < -0.3 is 24.6 Å². The van der Waals surface area contributed by atoms with Crippen LogP contribution in [0.1, 0.15) is 162 Å². The van der Waals surface area contributed by atoms with E-state index < -0.39 is 45.8 Å².